The number of pyridine rings is 1. The van der Waals surface area contributed by atoms with Crippen LogP contribution in [0.15, 0.2) is 12.3 Å². The summed E-state index contributed by atoms with van der Waals surface area (Å²) in [4.78, 5) is 15.6. The second-order valence-electron chi connectivity index (χ2n) is 5.62. The third-order valence-electron chi connectivity index (χ3n) is 2.59. The Bertz CT molecular complexity index is 481. The molecule has 1 heterocycles. The molecule has 1 aromatic rings. The first-order valence-corrected chi connectivity index (χ1v) is 6.63. The molecular weight excluding hydrogens is 266 g/mol. The highest BCUT2D eigenvalue weighted by atomic mass is 35.5. The smallest absolute Gasteiger partial charge is 0.426 e. The highest BCUT2D eigenvalue weighted by molar-refractivity contribution is 6.31. The van der Waals surface area contributed by atoms with Crippen molar-refractivity contribution >= 4 is 23.5 Å². The van der Waals surface area contributed by atoms with E-state index in [9.17, 15) is 4.79 Å². The molecule has 0 aromatic carbocycles. The van der Waals surface area contributed by atoms with Crippen LogP contribution < -0.4 is 10.9 Å². The minimum atomic E-state index is -0.544. The van der Waals surface area contributed by atoms with Crippen LogP contribution in [0, 0.1) is 0 Å². The van der Waals surface area contributed by atoms with Gasteiger partial charge in [0.15, 0.2) is 0 Å². The van der Waals surface area contributed by atoms with Gasteiger partial charge in [0, 0.05) is 6.20 Å². The number of carbonyl (C=O) groups is 1. The van der Waals surface area contributed by atoms with Crippen LogP contribution in [0.3, 0.4) is 0 Å². The van der Waals surface area contributed by atoms with E-state index < -0.39 is 11.7 Å². The number of nitrogens with zero attached hydrogens (tertiary/aromatic N) is 1. The molecule has 5 nitrogen and oxygen atoms in total. The summed E-state index contributed by atoms with van der Waals surface area (Å²) in [7, 11) is 0. The van der Waals surface area contributed by atoms with Crippen molar-refractivity contribution in [3.05, 3.63) is 22.8 Å². The molecule has 0 atom stereocenters. The predicted molar refractivity (Wildman–Crippen MR) is 74.2 cm³/mol. The summed E-state index contributed by atoms with van der Waals surface area (Å²) in [5, 5.41) is 0.672. The van der Waals surface area contributed by atoms with Gasteiger partial charge in [-0.15, -0.1) is 0 Å². The summed E-state index contributed by atoms with van der Waals surface area (Å²) in [5.74, 6) is 1.08. The molecular formula is C13H18ClN3O2. The molecule has 0 bridgehead atoms. The number of carbonyl (C=O) groups excluding carboxylic acids is 1. The molecule has 1 fully saturated rings. The molecule has 19 heavy (non-hydrogen) atoms. The number of nitrogens with one attached hydrogen (secondary N) is 2. The normalized spacial score (nSPS) is 14.9. The van der Waals surface area contributed by atoms with Crippen molar-refractivity contribution in [3.63, 3.8) is 0 Å². The van der Waals surface area contributed by atoms with E-state index >= 15 is 0 Å². The Morgan fingerprint density at radius 2 is 2.16 bits per heavy atom. The molecule has 2 N–H and O–H groups in total. The van der Waals surface area contributed by atoms with Crippen LogP contribution >= 0.6 is 11.6 Å². The number of hydrogen-bond acceptors (Lipinski definition) is 4. The van der Waals surface area contributed by atoms with Gasteiger partial charge in [0.05, 0.1) is 5.02 Å². The van der Waals surface area contributed by atoms with E-state index in [0.29, 0.717) is 16.8 Å². The van der Waals surface area contributed by atoms with E-state index in [1.54, 1.807) is 27.0 Å². The largest absolute Gasteiger partial charge is 0.443 e. The number of rotatable bonds is 3. The summed E-state index contributed by atoms with van der Waals surface area (Å²) in [6.45, 7) is 5.41. The molecule has 0 aliphatic heterocycles. The summed E-state index contributed by atoms with van der Waals surface area (Å²) < 4.78 is 5.11. The third kappa shape index (κ3) is 4.28. The predicted octanol–water partition coefficient (Wildman–Crippen LogP) is 3.46. The van der Waals surface area contributed by atoms with Gasteiger partial charge in [0.2, 0.25) is 0 Å². The van der Waals surface area contributed by atoms with E-state index in [-0.39, 0.29) is 0 Å². The SMILES string of the molecule is CC(C)(C)OC(=O)NNc1cc(C2CC2)c(Cl)cn1. The average molecular weight is 284 g/mol. The van der Waals surface area contributed by atoms with Crippen molar-refractivity contribution < 1.29 is 9.53 Å². The summed E-state index contributed by atoms with van der Waals surface area (Å²) in [6, 6.07) is 1.86. The first kappa shape index (κ1) is 13.9. The van der Waals surface area contributed by atoms with Crippen molar-refractivity contribution in [2.24, 2.45) is 0 Å². The lowest BCUT2D eigenvalue weighted by molar-refractivity contribution is 0.0541. The fourth-order valence-corrected chi connectivity index (χ4v) is 1.91. The number of amides is 1. The topological polar surface area (TPSA) is 63.2 Å². The van der Waals surface area contributed by atoms with E-state index in [4.69, 9.17) is 16.3 Å². The summed E-state index contributed by atoms with van der Waals surface area (Å²) in [5.41, 5.74) is 5.71. The average Bonchev–Trinajstić information content (AvgIpc) is 3.09. The zero-order chi connectivity index (χ0) is 14.0. The molecule has 1 aliphatic rings. The van der Waals surface area contributed by atoms with Crippen LogP contribution in [-0.2, 0) is 4.74 Å². The van der Waals surface area contributed by atoms with Gasteiger partial charge in [-0.2, -0.15) is 0 Å². The molecule has 104 valence electrons. The lowest BCUT2D eigenvalue weighted by Gasteiger charge is -2.20. The molecule has 1 amide bonds. The quantitative estimate of drug-likeness (QED) is 0.834. The van der Waals surface area contributed by atoms with Crippen molar-refractivity contribution in [1.82, 2.24) is 10.4 Å². The third-order valence-corrected chi connectivity index (χ3v) is 2.91. The summed E-state index contributed by atoms with van der Waals surface area (Å²) >= 11 is 6.08. The maximum absolute atomic E-state index is 11.5. The van der Waals surface area contributed by atoms with Crippen LogP contribution in [-0.4, -0.2) is 16.7 Å². The Hall–Kier alpha value is -1.49. The van der Waals surface area contributed by atoms with Crippen LogP contribution in [0.5, 0.6) is 0 Å². The number of hydrogen-bond donors (Lipinski definition) is 2. The number of hydrazine groups is 1. The van der Waals surface area contributed by atoms with Gasteiger partial charge in [0.25, 0.3) is 0 Å². The van der Waals surface area contributed by atoms with Crippen LogP contribution in [0.2, 0.25) is 5.02 Å². The number of anilines is 1. The van der Waals surface area contributed by atoms with Crippen LogP contribution in [0.1, 0.15) is 45.1 Å². The zero-order valence-corrected chi connectivity index (χ0v) is 12.0. The van der Waals surface area contributed by atoms with Gasteiger partial charge in [-0.1, -0.05) is 11.6 Å². The minimum Gasteiger partial charge on any atom is -0.443 e. The van der Waals surface area contributed by atoms with E-state index in [1.807, 2.05) is 6.07 Å². The zero-order valence-electron chi connectivity index (χ0n) is 11.3. The molecule has 6 heteroatoms. The molecule has 1 saturated carbocycles. The highest BCUT2D eigenvalue weighted by Gasteiger charge is 2.26. The second kappa shape index (κ2) is 5.25. The first-order valence-electron chi connectivity index (χ1n) is 6.25. The number of halogens is 1. The van der Waals surface area contributed by atoms with Gasteiger partial charge >= 0.3 is 6.09 Å². The first-order chi connectivity index (χ1) is 8.85. The molecule has 2 rings (SSSR count). The fraction of sp³-hybridized carbons (Fsp3) is 0.538. The molecule has 0 saturated heterocycles. The highest BCUT2D eigenvalue weighted by Crippen LogP contribution is 2.43. The monoisotopic (exact) mass is 283 g/mol. The van der Waals surface area contributed by atoms with Crippen LogP contribution in [0.25, 0.3) is 0 Å². The van der Waals surface area contributed by atoms with Crippen molar-refractivity contribution in [1.29, 1.82) is 0 Å². The maximum Gasteiger partial charge on any atom is 0.426 e. The van der Waals surface area contributed by atoms with Gasteiger partial charge in [-0.05, 0) is 51.2 Å². The Morgan fingerprint density at radius 1 is 1.47 bits per heavy atom. The van der Waals surface area contributed by atoms with E-state index in [0.717, 1.165) is 18.4 Å². The fourth-order valence-electron chi connectivity index (χ4n) is 1.65. The van der Waals surface area contributed by atoms with Gasteiger partial charge in [-0.3, -0.25) is 5.43 Å². The Labute approximate surface area is 117 Å². The van der Waals surface area contributed by atoms with Crippen LogP contribution in [0.4, 0.5) is 10.6 Å². The molecule has 0 radical (unpaired) electrons. The maximum atomic E-state index is 11.5. The van der Waals surface area contributed by atoms with Gasteiger partial charge in [-0.25, -0.2) is 15.2 Å². The number of ether oxygens (including phenoxy) is 1. The molecule has 0 spiro atoms. The Morgan fingerprint density at radius 3 is 2.74 bits per heavy atom. The molecule has 0 unspecified atom stereocenters. The summed E-state index contributed by atoms with van der Waals surface area (Å²) in [6.07, 6.45) is 3.36. The van der Waals surface area contributed by atoms with E-state index in [1.165, 1.54) is 0 Å². The lowest BCUT2D eigenvalue weighted by Crippen LogP contribution is -2.36. The standard InChI is InChI=1S/C13H18ClN3O2/c1-13(2,3)19-12(18)17-16-11-6-9(8-4-5-8)10(14)7-15-11/h6-8H,4-5H2,1-3H3,(H,15,16)(H,17,18). The van der Waals surface area contributed by atoms with Crippen molar-refractivity contribution in [2.45, 2.75) is 45.1 Å². The Balaban J connectivity index is 1.93. The van der Waals surface area contributed by atoms with Gasteiger partial charge < -0.3 is 4.74 Å². The molecule has 1 aromatic heterocycles. The lowest BCUT2D eigenvalue weighted by atomic mass is 10.2. The number of aromatic nitrogens is 1. The Kier molecular flexibility index (Phi) is 3.85. The minimum absolute atomic E-state index is 0.526. The second-order valence-corrected chi connectivity index (χ2v) is 6.02. The van der Waals surface area contributed by atoms with Crippen molar-refractivity contribution in [2.75, 3.05) is 5.43 Å². The van der Waals surface area contributed by atoms with Crippen molar-refractivity contribution in [3.8, 4) is 0 Å². The van der Waals surface area contributed by atoms with Gasteiger partial charge in [0.1, 0.15) is 11.4 Å². The van der Waals surface area contributed by atoms with E-state index in [2.05, 4.69) is 15.8 Å². The molecule has 1 aliphatic carbocycles.